The number of rotatable bonds is 4. The molecule has 0 atom stereocenters. The molecule has 6 aliphatic heterocycles. The van der Waals surface area contributed by atoms with Crippen LogP contribution in [0.1, 0.15) is 22.8 Å². The molecule has 0 unspecified atom stereocenters. The van der Waals surface area contributed by atoms with Gasteiger partial charge in [-0.05, 0) is 120 Å². The smallest absolute Gasteiger partial charge is 0.231 e. The number of benzene rings is 4. The van der Waals surface area contributed by atoms with Crippen molar-refractivity contribution in [1.82, 2.24) is 19.5 Å². The maximum atomic E-state index is 6.04. The van der Waals surface area contributed by atoms with E-state index in [4.69, 9.17) is 47.9 Å². The summed E-state index contributed by atoms with van der Waals surface area (Å²) >= 11 is 0. The number of aromatic nitrogens is 4. The Morgan fingerprint density at radius 3 is 1.47 bits per heavy atom. The lowest BCUT2D eigenvalue weighted by Crippen LogP contribution is -1.98. The standard InChI is InChI=1S/C48H30N4O8/c1-11-37-41(57-22-53-37)15-26(1)45-35-10-8-32(51-35)19-31-5-4-29(49-31)18-30-6-7-33(50-30)20-36-46(27-2-12-38-42(16-27)58-23-54-38)47(28-3-13-39-43(17-28)59-24-55-39)48(45)52(36)34-9-14-40-44(21-34)60-25-56-40/h1-21,49H,22-25H2. The van der Waals surface area contributed by atoms with E-state index in [9.17, 15) is 0 Å². The molecule has 0 saturated heterocycles. The molecule has 12 heteroatoms. The summed E-state index contributed by atoms with van der Waals surface area (Å²) in [6.45, 7) is 0.535. The molecule has 60 heavy (non-hydrogen) atoms. The molecule has 4 aromatic carbocycles. The quantitative estimate of drug-likeness (QED) is 0.184. The summed E-state index contributed by atoms with van der Waals surface area (Å²) in [7, 11) is 0. The van der Waals surface area contributed by atoms with Gasteiger partial charge in [-0.3, -0.25) is 0 Å². The first-order valence-electron chi connectivity index (χ1n) is 19.4. The molecule has 0 radical (unpaired) electrons. The van der Waals surface area contributed by atoms with Crippen molar-refractivity contribution in [3.63, 3.8) is 0 Å². The summed E-state index contributed by atoms with van der Waals surface area (Å²) in [6, 6.07) is 34.5. The van der Waals surface area contributed by atoms with Crippen LogP contribution in [0.5, 0.6) is 46.0 Å². The Morgan fingerprint density at radius 1 is 0.400 bits per heavy atom. The van der Waals surface area contributed by atoms with E-state index in [-0.39, 0.29) is 27.2 Å². The second kappa shape index (κ2) is 12.7. The maximum Gasteiger partial charge on any atom is 0.231 e. The molecular formula is C48H30N4O8. The van der Waals surface area contributed by atoms with Gasteiger partial charge in [0.25, 0.3) is 0 Å². The molecule has 1 N–H and O–H groups in total. The fourth-order valence-electron chi connectivity index (χ4n) is 8.60. The number of nitrogens with one attached hydrogen (secondary N) is 1. The van der Waals surface area contributed by atoms with Crippen molar-refractivity contribution in [2.24, 2.45) is 0 Å². The summed E-state index contributed by atoms with van der Waals surface area (Å²) in [5.41, 5.74) is 12.7. The van der Waals surface area contributed by atoms with E-state index in [1.807, 2.05) is 97.1 Å². The number of nitrogens with zero attached hydrogens (tertiary/aromatic N) is 3. The van der Waals surface area contributed by atoms with Gasteiger partial charge < -0.3 is 47.4 Å². The van der Waals surface area contributed by atoms with Gasteiger partial charge >= 0.3 is 0 Å². The van der Waals surface area contributed by atoms with Crippen LogP contribution in [0.15, 0.2) is 103 Å². The minimum atomic E-state index is 0.130. The molecule has 6 aliphatic rings. The molecule has 0 amide bonds. The minimum absolute atomic E-state index is 0.130. The molecule has 290 valence electrons. The summed E-state index contributed by atoms with van der Waals surface area (Å²) < 4.78 is 49.7. The first kappa shape index (κ1) is 32.9. The average Bonchev–Trinajstić information content (AvgIpc) is 4.11. The third kappa shape index (κ3) is 5.24. The molecule has 0 saturated carbocycles. The Balaban J connectivity index is 1.29. The second-order valence-corrected chi connectivity index (χ2v) is 14.8. The van der Waals surface area contributed by atoms with Crippen LogP contribution in [-0.2, 0) is 0 Å². The Hall–Kier alpha value is -8.12. The lowest BCUT2D eigenvalue weighted by Gasteiger charge is -2.14. The zero-order valence-corrected chi connectivity index (χ0v) is 31.6. The lowest BCUT2D eigenvalue weighted by atomic mass is 9.92. The lowest BCUT2D eigenvalue weighted by molar-refractivity contribution is 0.173. The Morgan fingerprint density at radius 2 is 0.867 bits per heavy atom. The number of hydrogen-bond acceptors (Lipinski definition) is 10. The molecule has 0 aliphatic carbocycles. The molecule has 13 rings (SSSR count). The number of hydrogen-bond donors (Lipinski definition) is 1. The summed E-state index contributed by atoms with van der Waals surface area (Å²) in [5.74, 6) is 5.26. The third-order valence-corrected chi connectivity index (χ3v) is 11.3. The van der Waals surface area contributed by atoms with Crippen LogP contribution in [0.4, 0.5) is 0 Å². The second-order valence-electron chi connectivity index (χ2n) is 14.8. The van der Waals surface area contributed by atoms with Crippen LogP contribution in [-0.4, -0.2) is 46.7 Å². The van der Waals surface area contributed by atoms with E-state index in [2.05, 4.69) is 39.9 Å². The third-order valence-electron chi connectivity index (χ3n) is 11.3. The van der Waals surface area contributed by atoms with Crippen LogP contribution in [0, 0.1) is 0 Å². The van der Waals surface area contributed by atoms with Crippen molar-refractivity contribution in [1.29, 1.82) is 0 Å². The van der Waals surface area contributed by atoms with Gasteiger partial charge in [-0.1, -0.05) is 18.2 Å². The van der Waals surface area contributed by atoms with E-state index in [0.717, 1.165) is 83.9 Å². The SMILES string of the molecule is C1=Cc2cc3c(-c4ccc5c(c4)OCO5)c(-c4ccc5c(c4)OCO5)c(c(-c4ccc5c(c4)OCO5)c4nc(cc5ccc(cc1n2)[nH]5)C=C4)n3-c1ccc2c(c1)OCO2. The Labute approximate surface area is 341 Å². The van der Waals surface area contributed by atoms with Crippen molar-refractivity contribution in [3.05, 3.63) is 126 Å². The highest BCUT2D eigenvalue weighted by molar-refractivity contribution is 6.11. The largest absolute Gasteiger partial charge is 0.454 e. The van der Waals surface area contributed by atoms with Crippen molar-refractivity contribution in [2.75, 3.05) is 27.2 Å². The molecule has 7 aromatic rings. The molecule has 8 bridgehead atoms. The van der Waals surface area contributed by atoms with Crippen molar-refractivity contribution >= 4 is 46.4 Å². The normalized spacial score (nSPS) is 14.7. The maximum absolute atomic E-state index is 6.04. The molecule has 3 aromatic heterocycles. The van der Waals surface area contributed by atoms with Gasteiger partial charge in [0.05, 0.1) is 39.5 Å². The van der Waals surface area contributed by atoms with Crippen molar-refractivity contribution in [3.8, 4) is 85.1 Å². The van der Waals surface area contributed by atoms with E-state index in [0.29, 0.717) is 46.0 Å². The zero-order chi connectivity index (χ0) is 39.3. The highest BCUT2D eigenvalue weighted by Crippen LogP contribution is 2.51. The van der Waals surface area contributed by atoms with Gasteiger partial charge in [0.15, 0.2) is 46.0 Å². The molecule has 12 nitrogen and oxygen atoms in total. The van der Waals surface area contributed by atoms with Gasteiger partial charge in [0.2, 0.25) is 27.2 Å². The molecule has 0 spiro atoms. The van der Waals surface area contributed by atoms with Gasteiger partial charge in [0, 0.05) is 33.8 Å². The number of ether oxygens (including phenoxy) is 8. The monoisotopic (exact) mass is 790 g/mol. The van der Waals surface area contributed by atoms with Gasteiger partial charge in [-0.25, -0.2) is 9.97 Å². The summed E-state index contributed by atoms with van der Waals surface area (Å²) in [5, 5.41) is 0. The zero-order valence-electron chi connectivity index (χ0n) is 31.6. The van der Waals surface area contributed by atoms with E-state index in [1.165, 1.54) is 0 Å². The highest BCUT2D eigenvalue weighted by Gasteiger charge is 2.30. The van der Waals surface area contributed by atoms with Gasteiger partial charge in [-0.15, -0.1) is 0 Å². The van der Waals surface area contributed by atoms with Crippen LogP contribution in [0.25, 0.3) is 85.4 Å². The predicted octanol–water partition coefficient (Wildman–Crippen LogP) is 10.0. The summed E-state index contributed by atoms with van der Waals surface area (Å²) in [6.07, 6.45) is 8.16. The van der Waals surface area contributed by atoms with Crippen LogP contribution in [0.3, 0.4) is 0 Å². The van der Waals surface area contributed by atoms with E-state index >= 15 is 0 Å². The van der Waals surface area contributed by atoms with Crippen molar-refractivity contribution < 1.29 is 37.9 Å². The first-order valence-corrected chi connectivity index (χ1v) is 19.4. The number of H-pyrrole nitrogens is 1. The average molecular weight is 791 g/mol. The Kier molecular flexibility index (Phi) is 6.96. The number of aromatic amines is 1. The van der Waals surface area contributed by atoms with Gasteiger partial charge in [-0.2, -0.15) is 0 Å². The van der Waals surface area contributed by atoms with Crippen LogP contribution < -0.4 is 37.9 Å². The van der Waals surface area contributed by atoms with Crippen molar-refractivity contribution in [2.45, 2.75) is 0 Å². The van der Waals surface area contributed by atoms with E-state index < -0.39 is 0 Å². The predicted molar refractivity (Wildman–Crippen MR) is 225 cm³/mol. The Bertz CT molecular complexity index is 3250. The van der Waals surface area contributed by atoms with Gasteiger partial charge in [0.1, 0.15) is 0 Å². The van der Waals surface area contributed by atoms with E-state index in [1.54, 1.807) is 0 Å². The van der Waals surface area contributed by atoms with Crippen LogP contribution in [0.2, 0.25) is 0 Å². The fourth-order valence-corrected chi connectivity index (χ4v) is 8.60. The van der Waals surface area contributed by atoms with Crippen LogP contribution >= 0.6 is 0 Å². The highest BCUT2D eigenvalue weighted by atomic mass is 16.7. The topological polar surface area (TPSA) is 120 Å². The molecular weight excluding hydrogens is 761 g/mol. The molecule has 0 fully saturated rings. The fraction of sp³-hybridized carbons (Fsp3) is 0.0833. The first-order chi connectivity index (χ1) is 29.6. The summed E-state index contributed by atoms with van der Waals surface area (Å²) in [4.78, 5) is 14.0. The number of fused-ring (bicyclic) bond motifs is 12. The molecule has 9 heterocycles. The minimum Gasteiger partial charge on any atom is -0.454 e.